The van der Waals surface area contributed by atoms with Crippen LogP contribution in [0.1, 0.15) is 12.0 Å². The van der Waals surface area contributed by atoms with Gasteiger partial charge in [-0.15, -0.1) is 0 Å². The number of hydrogen-bond acceptors (Lipinski definition) is 4. The second-order valence-corrected chi connectivity index (χ2v) is 6.31. The van der Waals surface area contributed by atoms with E-state index < -0.39 is 0 Å². The van der Waals surface area contributed by atoms with Crippen LogP contribution in [0.2, 0.25) is 0 Å². The highest BCUT2D eigenvalue weighted by molar-refractivity contribution is 7.71. The molecular weight excluding hydrogens is 350 g/mol. The van der Waals surface area contributed by atoms with Crippen molar-refractivity contribution in [1.29, 1.82) is 0 Å². The maximum atomic E-state index is 12.3. The summed E-state index contributed by atoms with van der Waals surface area (Å²) in [4.78, 5) is 15.2. The molecule has 4 rings (SSSR count). The number of nitrogens with one attached hydrogen (secondary N) is 2. The van der Waals surface area contributed by atoms with Crippen LogP contribution < -0.4 is 14.8 Å². The van der Waals surface area contributed by atoms with Crippen molar-refractivity contribution >= 4 is 23.8 Å². The summed E-state index contributed by atoms with van der Waals surface area (Å²) in [6, 6.07) is 13.3. The lowest BCUT2D eigenvalue weighted by atomic mass is 10.1. The standard InChI is InChI=1S/C19H17N3O3S/c23-18(7-5-13-4-6-16-17(10-13)25-12-24-16)21-14-2-1-3-15(11-14)22-9-8-20-19(22)26/h1-4,6,8-11H,5,7,12H2,(H,20,26)(H,21,23). The third-order valence-corrected chi connectivity index (χ3v) is 4.45. The predicted molar refractivity (Wildman–Crippen MR) is 100 cm³/mol. The van der Waals surface area contributed by atoms with E-state index in [2.05, 4.69) is 10.3 Å². The fourth-order valence-electron chi connectivity index (χ4n) is 2.83. The molecule has 6 nitrogen and oxygen atoms in total. The lowest BCUT2D eigenvalue weighted by Crippen LogP contribution is -2.12. The Morgan fingerprint density at radius 3 is 2.92 bits per heavy atom. The minimum atomic E-state index is -0.0440. The van der Waals surface area contributed by atoms with Gasteiger partial charge >= 0.3 is 0 Å². The maximum absolute atomic E-state index is 12.3. The number of carbonyl (C=O) groups excluding carboxylic acids is 1. The summed E-state index contributed by atoms with van der Waals surface area (Å²) in [5.74, 6) is 1.44. The van der Waals surface area contributed by atoms with Gasteiger partial charge in [0.15, 0.2) is 16.3 Å². The molecule has 0 aliphatic carbocycles. The lowest BCUT2D eigenvalue weighted by molar-refractivity contribution is -0.116. The summed E-state index contributed by atoms with van der Waals surface area (Å²) in [5.41, 5.74) is 2.67. The van der Waals surface area contributed by atoms with Crippen molar-refractivity contribution in [2.24, 2.45) is 0 Å². The molecule has 1 aromatic heterocycles. The number of carbonyl (C=O) groups is 1. The Bertz CT molecular complexity index is 1010. The average Bonchev–Trinajstić information content (AvgIpc) is 3.28. The number of imidazole rings is 1. The first kappa shape index (κ1) is 16.4. The van der Waals surface area contributed by atoms with Crippen molar-refractivity contribution in [3.05, 3.63) is 65.2 Å². The normalized spacial score (nSPS) is 12.2. The number of nitrogens with zero attached hydrogens (tertiary/aromatic N) is 1. The summed E-state index contributed by atoms with van der Waals surface area (Å²) >= 11 is 5.23. The van der Waals surface area contributed by atoms with Crippen LogP contribution in [0.4, 0.5) is 5.69 Å². The Hall–Kier alpha value is -3.06. The number of H-pyrrole nitrogens is 1. The first-order valence-corrected chi connectivity index (χ1v) is 8.65. The van der Waals surface area contributed by atoms with Crippen LogP contribution in [0.15, 0.2) is 54.9 Å². The van der Waals surface area contributed by atoms with Crippen LogP contribution in [-0.4, -0.2) is 22.3 Å². The topological polar surface area (TPSA) is 68.3 Å². The van der Waals surface area contributed by atoms with E-state index in [1.165, 1.54) is 0 Å². The third-order valence-electron chi connectivity index (χ3n) is 4.14. The molecule has 2 N–H and O–H groups in total. The van der Waals surface area contributed by atoms with Crippen LogP contribution in [0.5, 0.6) is 11.5 Å². The number of fused-ring (bicyclic) bond motifs is 1. The number of amides is 1. The summed E-state index contributed by atoms with van der Waals surface area (Å²) in [7, 11) is 0. The van der Waals surface area contributed by atoms with E-state index >= 15 is 0 Å². The monoisotopic (exact) mass is 367 g/mol. The van der Waals surface area contributed by atoms with Gasteiger partial charge in [-0.05, 0) is 54.5 Å². The zero-order chi connectivity index (χ0) is 17.9. The fraction of sp³-hybridized carbons (Fsp3) is 0.158. The van der Waals surface area contributed by atoms with Gasteiger partial charge < -0.3 is 19.8 Å². The van der Waals surface area contributed by atoms with Crippen molar-refractivity contribution in [1.82, 2.24) is 9.55 Å². The van der Waals surface area contributed by atoms with Crippen molar-refractivity contribution in [2.45, 2.75) is 12.8 Å². The van der Waals surface area contributed by atoms with Crippen molar-refractivity contribution < 1.29 is 14.3 Å². The SMILES string of the molecule is O=C(CCc1ccc2c(c1)OCO2)Nc1cccc(-n2cc[nH]c2=S)c1. The van der Waals surface area contributed by atoms with E-state index in [9.17, 15) is 4.79 Å². The Morgan fingerprint density at radius 1 is 1.19 bits per heavy atom. The molecule has 0 spiro atoms. The van der Waals surface area contributed by atoms with E-state index in [0.29, 0.717) is 17.6 Å². The number of aryl methyl sites for hydroxylation is 1. The van der Waals surface area contributed by atoms with Gasteiger partial charge in [0.25, 0.3) is 0 Å². The van der Waals surface area contributed by atoms with Gasteiger partial charge in [-0.3, -0.25) is 9.36 Å². The first-order chi connectivity index (χ1) is 12.7. The van der Waals surface area contributed by atoms with Gasteiger partial charge in [-0.25, -0.2) is 0 Å². The Labute approximate surface area is 155 Å². The number of rotatable bonds is 5. The van der Waals surface area contributed by atoms with Crippen molar-refractivity contribution in [3.63, 3.8) is 0 Å². The van der Waals surface area contributed by atoms with E-state index in [-0.39, 0.29) is 12.7 Å². The Balaban J connectivity index is 1.39. The molecule has 7 heteroatoms. The highest BCUT2D eigenvalue weighted by Crippen LogP contribution is 2.32. The van der Waals surface area contributed by atoms with Gasteiger partial charge in [-0.2, -0.15) is 0 Å². The lowest BCUT2D eigenvalue weighted by Gasteiger charge is -2.08. The van der Waals surface area contributed by atoms with Crippen molar-refractivity contribution in [2.75, 3.05) is 12.1 Å². The quantitative estimate of drug-likeness (QED) is 0.673. The molecule has 1 aliphatic heterocycles. The zero-order valence-electron chi connectivity index (χ0n) is 13.9. The molecule has 0 radical (unpaired) electrons. The Morgan fingerprint density at radius 2 is 2.08 bits per heavy atom. The van der Waals surface area contributed by atoms with E-state index in [1.807, 2.05) is 53.2 Å². The Kier molecular flexibility index (Phi) is 4.45. The smallest absolute Gasteiger partial charge is 0.231 e. The average molecular weight is 367 g/mol. The molecule has 0 saturated carbocycles. The molecule has 0 atom stereocenters. The zero-order valence-corrected chi connectivity index (χ0v) is 14.7. The molecule has 0 bridgehead atoms. The number of ether oxygens (including phenoxy) is 2. The molecule has 132 valence electrons. The van der Waals surface area contributed by atoms with Gasteiger partial charge in [0, 0.05) is 30.2 Å². The molecule has 3 aromatic rings. The molecule has 0 saturated heterocycles. The van der Waals surface area contributed by atoms with Crippen LogP contribution in [0, 0.1) is 4.77 Å². The highest BCUT2D eigenvalue weighted by Gasteiger charge is 2.13. The van der Waals surface area contributed by atoms with Crippen LogP contribution in [0.3, 0.4) is 0 Å². The molecule has 0 unspecified atom stereocenters. The van der Waals surface area contributed by atoms with Gasteiger partial charge in [0.1, 0.15) is 0 Å². The van der Waals surface area contributed by atoms with E-state index in [0.717, 1.165) is 28.4 Å². The minimum Gasteiger partial charge on any atom is -0.454 e. The summed E-state index contributed by atoms with van der Waals surface area (Å²) in [6.45, 7) is 0.251. The largest absolute Gasteiger partial charge is 0.454 e. The summed E-state index contributed by atoms with van der Waals surface area (Å²) in [6.07, 6.45) is 4.64. The van der Waals surface area contributed by atoms with E-state index in [1.54, 1.807) is 6.20 Å². The summed E-state index contributed by atoms with van der Waals surface area (Å²) in [5, 5.41) is 2.93. The number of benzene rings is 2. The number of aromatic nitrogens is 2. The van der Waals surface area contributed by atoms with Gasteiger partial charge in [-0.1, -0.05) is 12.1 Å². The molecule has 2 aromatic carbocycles. The molecule has 1 aliphatic rings. The second kappa shape index (κ2) is 7.05. The van der Waals surface area contributed by atoms with E-state index in [4.69, 9.17) is 21.7 Å². The molecule has 26 heavy (non-hydrogen) atoms. The minimum absolute atomic E-state index is 0.0440. The molecule has 1 amide bonds. The molecule has 0 fully saturated rings. The van der Waals surface area contributed by atoms with Crippen LogP contribution in [-0.2, 0) is 11.2 Å². The molecular formula is C19H17N3O3S. The predicted octanol–water partition coefficient (Wildman–Crippen LogP) is 3.83. The third kappa shape index (κ3) is 3.48. The maximum Gasteiger partial charge on any atom is 0.231 e. The molecule has 2 heterocycles. The highest BCUT2D eigenvalue weighted by atomic mass is 32.1. The fourth-order valence-corrected chi connectivity index (χ4v) is 3.07. The number of anilines is 1. The van der Waals surface area contributed by atoms with Gasteiger partial charge in [0.05, 0.1) is 0 Å². The van der Waals surface area contributed by atoms with Crippen LogP contribution in [0.25, 0.3) is 5.69 Å². The number of aromatic amines is 1. The van der Waals surface area contributed by atoms with Gasteiger partial charge in [0.2, 0.25) is 12.7 Å². The summed E-state index contributed by atoms with van der Waals surface area (Å²) < 4.78 is 13.1. The van der Waals surface area contributed by atoms with Crippen molar-refractivity contribution in [3.8, 4) is 17.2 Å². The first-order valence-electron chi connectivity index (χ1n) is 8.24. The number of hydrogen-bond donors (Lipinski definition) is 2. The van der Waals surface area contributed by atoms with Crippen LogP contribution >= 0.6 is 12.2 Å². The second-order valence-electron chi connectivity index (χ2n) is 5.92.